The van der Waals surface area contributed by atoms with E-state index in [4.69, 9.17) is 9.72 Å². The van der Waals surface area contributed by atoms with Crippen molar-refractivity contribution in [3.8, 4) is 5.75 Å². The molecule has 0 saturated carbocycles. The highest BCUT2D eigenvalue weighted by Crippen LogP contribution is 2.32. The number of rotatable bonds is 4. The first kappa shape index (κ1) is 14.5. The van der Waals surface area contributed by atoms with Gasteiger partial charge in [0.25, 0.3) is 0 Å². The van der Waals surface area contributed by atoms with Crippen LogP contribution >= 0.6 is 11.3 Å². The molecule has 0 radical (unpaired) electrons. The Morgan fingerprint density at radius 3 is 3.00 bits per heavy atom. The molecule has 4 nitrogen and oxygen atoms in total. The molecule has 23 heavy (non-hydrogen) atoms. The van der Waals surface area contributed by atoms with Crippen LogP contribution in [0.1, 0.15) is 19.3 Å². The van der Waals surface area contributed by atoms with Gasteiger partial charge in [0.2, 0.25) is 0 Å². The normalized spacial score (nSPS) is 18.3. The van der Waals surface area contributed by atoms with Gasteiger partial charge in [-0.1, -0.05) is 23.5 Å². The van der Waals surface area contributed by atoms with Crippen molar-refractivity contribution in [1.29, 1.82) is 0 Å². The van der Waals surface area contributed by atoms with Gasteiger partial charge in [0.1, 0.15) is 12.4 Å². The van der Waals surface area contributed by atoms with E-state index < -0.39 is 0 Å². The summed E-state index contributed by atoms with van der Waals surface area (Å²) in [6, 6.07) is 12.6. The number of nitrogens with zero attached hydrogens (tertiary/aromatic N) is 3. The maximum Gasteiger partial charge on any atom is 0.186 e. The number of hydrogen-bond acceptors (Lipinski definition) is 5. The second-order valence-electron chi connectivity index (χ2n) is 5.81. The van der Waals surface area contributed by atoms with Gasteiger partial charge in [-0.2, -0.15) is 0 Å². The van der Waals surface area contributed by atoms with Crippen LogP contribution in [0.15, 0.2) is 48.8 Å². The molecule has 1 atom stereocenters. The molecule has 1 aliphatic heterocycles. The second kappa shape index (κ2) is 6.54. The summed E-state index contributed by atoms with van der Waals surface area (Å²) in [5, 5.41) is 1.12. The zero-order chi connectivity index (χ0) is 15.5. The first-order valence-electron chi connectivity index (χ1n) is 8.05. The van der Waals surface area contributed by atoms with Crippen LogP contribution in [0, 0.1) is 0 Å². The van der Waals surface area contributed by atoms with Crippen molar-refractivity contribution in [2.45, 2.75) is 25.3 Å². The van der Waals surface area contributed by atoms with Gasteiger partial charge in [0.05, 0.1) is 22.5 Å². The molecule has 118 valence electrons. The number of piperidine rings is 1. The molecular formula is C18H19N3OS. The van der Waals surface area contributed by atoms with Crippen LogP contribution in [-0.4, -0.2) is 29.2 Å². The molecule has 3 heterocycles. The Labute approximate surface area is 139 Å². The molecule has 1 aromatic carbocycles. The number of thiazole rings is 1. The number of pyridine rings is 1. The number of fused-ring (bicyclic) bond motifs is 1. The standard InChI is InChI=1S/C18H19N3OS/c1-2-9-17-16(8-1)20-18(23-17)21-11-4-3-6-14(21)13-22-15-7-5-10-19-12-15/h1-2,5,7-10,12,14H,3-4,6,11,13H2. The number of benzene rings is 1. The van der Waals surface area contributed by atoms with Crippen molar-refractivity contribution in [2.75, 3.05) is 18.1 Å². The number of para-hydroxylation sites is 1. The van der Waals surface area contributed by atoms with E-state index in [9.17, 15) is 0 Å². The van der Waals surface area contributed by atoms with Crippen molar-refractivity contribution in [1.82, 2.24) is 9.97 Å². The SMILES string of the molecule is c1cncc(OCC2CCCCN2c2nc3ccccc3s2)c1. The van der Waals surface area contributed by atoms with Crippen molar-refractivity contribution in [2.24, 2.45) is 0 Å². The third-order valence-electron chi connectivity index (χ3n) is 4.23. The third kappa shape index (κ3) is 3.15. The topological polar surface area (TPSA) is 38.2 Å². The average Bonchev–Trinajstić information content (AvgIpc) is 3.05. The molecule has 5 heteroatoms. The minimum atomic E-state index is 0.379. The summed E-state index contributed by atoms with van der Waals surface area (Å²) in [6.07, 6.45) is 7.16. The highest BCUT2D eigenvalue weighted by atomic mass is 32.1. The van der Waals surface area contributed by atoms with Crippen LogP contribution in [0.3, 0.4) is 0 Å². The van der Waals surface area contributed by atoms with Crippen LogP contribution in [-0.2, 0) is 0 Å². The van der Waals surface area contributed by atoms with Gasteiger partial charge in [-0.3, -0.25) is 4.98 Å². The van der Waals surface area contributed by atoms with E-state index in [2.05, 4.69) is 28.1 Å². The Kier molecular flexibility index (Phi) is 4.11. The van der Waals surface area contributed by atoms with Crippen molar-refractivity contribution < 1.29 is 4.74 Å². The van der Waals surface area contributed by atoms with Crippen LogP contribution < -0.4 is 9.64 Å². The largest absolute Gasteiger partial charge is 0.490 e. The molecular weight excluding hydrogens is 306 g/mol. The fourth-order valence-electron chi connectivity index (χ4n) is 3.03. The molecule has 0 aliphatic carbocycles. The van der Waals surface area contributed by atoms with Gasteiger partial charge in [0, 0.05) is 12.7 Å². The third-order valence-corrected chi connectivity index (χ3v) is 5.31. The molecule has 0 bridgehead atoms. The number of ether oxygens (including phenoxy) is 1. The van der Waals surface area contributed by atoms with E-state index in [1.807, 2.05) is 18.2 Å². The van der Waals surface area contributed by atoms with Crippen LogP contribution in [0.5, 0.6) is 5.75 Å². The lowest BCUT2D eigenvalue weighted by molar-refractivity contribution is 0.259. The molecule has 4 rings (SSSR count). The molecule has 1 unspecified atom stereocenters. The average molecular weight is 325 g/mol. The molecule has 0 spiro atoms. The summed E-state index contributed by atoms with van der Waals surface area (Å²) >= 11 is 1.78. The maximum absolute atomic E-state index is 5.94. The fraction of sp³-hybridized carbons (Fsp3) is 0.333. The summed E-state index contributed by atoms with van der Waals surface area (Å²) in [5.41, 5.74) is 1.09. The van der Waals surface area contributed by atoms with Crippen LogP contribution in [0.25, 0.3) is 10.2 Å². The first-order valence-corrected chi connectivity index (χ1v) is 8.87. The van der Waals surface area contributed by atoms with Crippen molar-refractivity contribution >= 4 is 26.7 Å². The maximum atomic E-state index is 5.94. The van der Waals surface area contributed by atoms with Gasteiger partial charge in [-0.05, 0) is 43.5 Å². The van der Waals surface area contributed by atoms with Crippen LogP contribution in [0.2, 0.25) is 0 Å². The highest BCUT2D eigenvalue weighted by Gasteiger charge is 2.25. The van der Waals surface area contributed by atoms with Gasteiger partial charge in [-0.15, -0.1) is 0 Å². The minimum Gasteiger partial charge on any atom is -0.490 e. The van der Waals surface area contributed by atoms with E-state index in [0.29, 0.717) is 12.6 Å². The van der Waals surface area contributed by atoms with Gasteiger partial charge >= 0.3 is 0 Å². The Bertz CT molecular complexity index is 741. The highest BCUT2D eigenvalue weighted by molar-refractivity contribution is 7.22. The molecule has 3 aromatic rings. The Hall–Kier alpha value is -2.14. The van der Waals surface area contributed by atoms with E-state index in [0.717, 1.165) is 29.4 Å². The van der Waals surface area contributed by atoms with Crippen LogP contribution in [0.4, 0.5) is 5.13 Å². The summed E-state index contributed by atoms with van der Waals surface area (Å²) in [4.78, 5) is 11.3. The molecule has 2 aromatic heterocycles. The van der Waals surface area contributed by atoms with Crippen molar-refractivity contribution in [3.05, 3.63) is 48.8 Å². The molecule has 0 N–H and O–H groups in total. The fourth-order valence-corrected chi connectivity index (χ4v) is 4.10. The Balaban J connectivity index is 1.53. The van der Waals surface area contributed by atoms with Gasteiger partial charge in [0.15, 0.2) is 5.13 Å². The smallest absolute Gasteiger partial charge is 0.186 e. The van der Waals surface area contributed by atoms with E-state index in [1.54, 1.807) is 23.7 Å². The summed E-state index contributed by atoms with van der Waals surface area (Å²) in [7, 11) is 0. The van der Waals surface area contributed by atoms with E-state index in [1.165, 1.54) is 17.5 Å². The lowest BCUT2D eigenvalue weighted by Crippen LogP contribution is -2.43. The number of hydrogen-bond donors (Lipinski definition) is 0. The summed E-state index contributed by atoms with van der Waals surface area (Å²) < 4.78 is 7.19. The van der Waals surface area contributed by atoms with Gasteiger partial charge < -0.3 is 9.64 Å². The zero-order valence-corrected chi connectivity index (χ0v) is 13.7. The molecule has 1 saturated heterocycles. The lowest BCUT2D eigenvalue weighted by Gasteiger charge is -2.35. The van der Waals surface area contributed by atoms with Crippen molar-refractivity contribution in [3.63, 3.8) is 0 Å². The number of anilines is 1. The predicted molar refractivity (Wildman–Crippen MR) is 94.3 cm³/mol. The monoisotopic (exact) mass is 325 g/mol. The summed E-state index contributed by atoms with van der Waals surface area (Å²) in [5.74, 6) is 0.835. The first-order chi connectivity index (χ1) is 11.4. The Morgan fingerprint density at radius 2 is 2.13 bits per heavy atom. The van der Waals surface area contributed by atoms with E-state index in [-0.39, 0.29) is 0 Å². The second-order valence-corrected chi connectivity index (χ2v) is 6.82. The molecule has 0 amide bonds. The zero-order valence-electron chi connectivity index (χ0n) is 12.9. The number of aromatic nitrogens is 2. The summed E-state index contributed by atoms with van der Waals surface area (Å²) in [6.45, 7) is 1.74. The van der Waals surface area contributed by atoms with E-state index >= 15 is 0 Å². The quantitative estimate of drug-likeness (QED) is 0.723. The minimum absolute atomic E-state index is 0.379. The Morgan fingerprint density at radius 1 is 1.17 bits per heavy atom. The predicted octanol–water partition coefficient (Wildman–Crippen LogP) is 4.13. The van der Waals surface area contributed by atoms with Gasteiger partial charge in [-0.25, -0.2) is 4.98 Å². The molecule has 1 aliphatic rings. The lowest BCUT2D eigenvalue weighted by atomic mass is 10.0. The molecule has 1 fully saturated rings.